The molecule has 0 aromatic heterocycles. The molecule has 5 rings (SSSR count). The summed E-state index contributed by atoms with van der Waals surface area (Å²) in [6.45, 7) is 23.3. The van der Waals surface area contributed by atoms with E-state index in [-0.39, 0.29) is 67.4 Å². The van der Waals surface area contributed by atoms with Crippen LogP contribution in [-0.2, 0) is 18.9 Å². The fourth-order valence-corrected chi connectivity index (χ4v) is 9.09. The zero-order valence-electron chi connectivity index (χ0n) is 44.5. The Labute approximate surface area is 425 Å². The number of likely N-dealkylation sites (tertiary alicyclic amines) is 2. The number of phenols is 1. The summed E-state index contributed by atoms with van der Waals surface area (Å²) >= 11 is 0. The van der Waals surface area contributed by atoms with Crippen molar-refractivity contribution < 1.29 is 57.4 Å². The van der Waals surface area contributed by atoms with E-state index >= 15 is 0 Å². The molecule has 1 N–H and O–H groups in total. The third kappa shape index (κ3) is 20.2. The fourth-order valence-electron chi connectivity index (χ4n) is 9.09. The van der Waals surface area contributed by atoms with Gasteiger partial charge in [-0.05, 0) is 145 Å². The highest BCUT2D eigenvalue weighted by Gasteiger charge is 2.36. The molecule has 3 fully saturated rings. The van der Waals surface area contributed by atoms with E-state index in [0.29, 0.717) is 87.4 Å². The average molecular weight is 999 g/mol. The van der Waals surface area contributed by atoms with Crippen LogP contribution in [0.2, 0.25) is 0 Å². The Balaban J connectivity index is 0.000000376. The molecule has 0 radical (unpaired) electrons. The van der Waals surface area contributed by atoms with Gasteiger partial charge in [0, 0.05) is 102 Å². The van der Waals surface area contributed by atoms with Crippen molar-refractivity contribution >= 4 is 24.0 Å². The normalized spacial score (nSPS) is 17.6. The zero-order valence-corrected chi connectivity index (χ0v) is 44.5. The van der Waals surface area contributed by atoms with Crippen molar-refractivity contribution in [3.63, 3.8) is 0 Å². The van der Waals surface area contributed by atoms with Gasteiger partial charge in [0.1, 0.15) is 34.2 Å². The Morgan fingerprint density at radius 3 is 1.44 bits per heavy atom. The van der Waals surface area contributed by atoms with Crippen molar-refractivity contribution in [3.05, 3.63) is 47.5 Å². The minimum atomic E-state index is -0.571. The predicted octanol–water partition coefficient (Wildman–Crippen LogP) is 10.8. The number of hydrogen-bond acceptors (Lipinski definition) is 12. The van der Waals surface area contributed by atoms with Crippen LogP contribution in [0.1, 0.15) is 168 Å². The molecule has 2 aromatic rings. The second-order valence-electron chi connectivity index (χ2n) is 21.2. The monoisotopic (exact) mass is 999 g/mol. The number of aromatic hydroxyl groups is 1. The van der Waals surface area contributed by atoms with Crippen molar-refractivity contribution in [2.75, 3.05) is 66.8 Å². The van der Waals surface area contributed by atoms with Gasteiger partial charge in [0.25, 0.3) is 11.8 Å². The maximum absolute atomic E-state index is 14.0. The molecule has 2 aliphatic heterocycles. The van der Waals surface area contributed by atoms with Gasteiger partial charge in [-0.15, -0.1) is 0 Å². The number of methoxy groups -OCH3 is 2. The highest BCUT2D eigenvalue weighted by Crippen LogP contribution is 2.31. The van der Waals surface area contributed by atoms with E-state index in [0.717, 1.165) is 44.9 Å². The van der Waals surface area contributed by atoms with Crippen LogP contribution in [0.3, 0.4) is 0 Å². The molecule has 2 heterocycles. The van der Waals surface area contributed by atoms with Crippen molar-refractivity contribution in [2.45, 2.75) is 189 Å². The van der Waals surface area contributed by atoms with Crippen LogP contribution in [0.15, 0.2) is 36.4 Å². The number of rotatable bonds is 18. The maximum Gasteiger partial charge on any atom is 0.410 e. The number of amides is 4. The molecular formula is C55H90N4O12. The fraction of sp³-hybridized carbons (Fsp3) is 0.709. The highest BCUT2D eigenvalue weighted by atomic mass is 16.6. The minimum Gasteiger partial charge on any atom is -0.508 e. The van der Waals surface area contributed by atoms with E-state index in [2.05, 4.69) is 0 Å². The first-order chi connectivity index (χ1) is 33.1. The second-order valence-corrected chi connectivity index (χ2v) is 21.2. The molecule has 0 unspecified atom stereocenters. The summed E-state index contributed by atoms with van der Waals surface area (Å²) in [5, 5.41) is 10.2. The van der Waals surface area contributed by atoms with Gasteiger partial charge in [0.05, 0.1) is 31.4 Å². The predicted molar refractivity (Wildman–Crippen MR) is 277 cm³/mol. The number of phenolic OH excluding ortho intramolecular Hbond substituents is 1. The third-order valence-corrected chi connectivity index (χ3v) is 12.1. The Hall–Kier alpha value is -4.96. The minimum absolute atomic E-state index is 0. The summed E-state index contributed by atoms with van der Waals surface area (Å²) in [7, 11) is 3.30. The number of nitrogens with zero attached hydrogens (tertiary/aromatic N) is 4. The van der Waals surface area contributed by atoms with E-state index in [1.54, 1.807) is 35.0 Å². The molecule has 1 saturated carbocycles. The van der Waals surface area contributed by atoms with E-state index < -0.39 is 11.2 Å². The van der Waals surface area contributed by atoms with E-state index in [1.165, 1.54) is 31.4 Å². The van der Waals surface area contributed by atoms with Gasteiger partial charge in [-0.25, -0.2) is 9.59 Å². The lowest BCUT2D eigenvalue weighted by Crippen LogP contribution is -2.54. The molecule has 402 valence electrons. The van der Waals surface area contributed by atoms with E-state index in [4.69, 9.17) is 33.2 Å². The molecule has 1 aliphatic carbocycles. The van der Waals surface area contributed by atoms with Crippen LogP contribution in [0.4, 0.5) is 9.59 Å². The molecular weight excluding hydrogens is 909 g/mol. The molecule has 0 bridgehead atoms. The Morgan fingerprint density at radius 1 is 0.592 bits per heavy atom. The Morgan fingerprint density at radius 2 is 1.01 bits per heavy atom. The Kier molecular flexibility index (Phi) is 24.6. The van der Waals surface area contributed by atoms with Crippen LogP contribution < -0.4 is 14.2 Å². The summed E-state index contributed by atoms with van der Waals surface area (Å²) in [6, 6.07) is 9.79. The van der Waals surface area contributed by atoms with Crippen molar-refractivity contribution in [1.29, 1.82) is 0 Å². The molecule has 2 atom stereocenters. The van der Waals surface area contributed by atoms with Gasteiger partial charge < -0.3 is 57.9 Å². The number of ether oxygens (including phenoxy) is 7. The van der Waals surface area contributed by atoms with Gasteiger partial charge >= 0.3 is 12.2 Å². The molecule has 2 aromatic carbocycles. The van der Waals surface area contributed by atoms with Crippen LogP contribution in [0, 0.1) is 0 Å². The average Bonchev–Trinajstić information content (AvgIpc) is 3.28. The lowest BCUT2D eigenvalue weighted by atomic mass is 9.97. The molecule has 71 heavy (non-hydrogen) atoms. The molecule has 16 heteroatoms. The first-order valence-electron chi connectivity index (χ1n) is 25.6. The summed E-state index contributed by atoms with van der Waals surface area (Å²) in [4.78, 5) is 60.0. The quantitative estimate of drug-likeness (QED) is 0.141. The molecule has 3 aliphatic rings. The molecule has 16 nitrogen and oxygen atoms in total. The lowest BCUT2D eigenvalue weighted by Gasteiger charge is -2.41. The second kappa shape index (κ2) is 28.9. The van der Waals surface area contributed by atoms with Gasteiger partial charge in [-0.3, -0.25) is 9.59 Å². The van der Waals surface area contributed by atoms with Crippen LogP contribution in [-0.4, -0.2) is 157 Å². The van der Waals surface area contributed by atoms with Crippen molar-refractivity contribution in [2.24, 2.45) is 0 Å². The molecule has 2 saturated heterocycles. The van der Waals surface area contributed by atoms with Crippen LogP contribution in [0.25, 0.3) is 0 Å². The van der Waals surface area contributed by atoms with Crippen LogP contribution >= 0.6 is 0 Å². The van der Waals surface area contributed by atoms with Crippen molar-refractivity contribution in [1.82, 2.24) is 19.6 Å². The zero-order chi connectivity index (χ0) is 51.6. The summed E-state index contributed by atoms with van der Waals surface area (Å²) in [6.07, 6.45) is 9.82. The summed E-state index contributed by atoms with van der Waals surface area (Å²) < 4.78 is 39.3. The highest BCUT2D eigenvalue weighted by molar-refractivity contribution is 5.96. The number of hydrogen-bond donors (Lipinski definition) is 1. The van der Waals surface area contributed by atoms with E-state index in [1.807, 2.05) is 92.3 Å². The largest absolute Gasteiger partial charge is 0.508 e. The SMILES string of the molecule is C.COCCCOc1cc(O)cc(C(=O)N(C(C)C)[C@@H]2CCCN(C(=O)OC(C)(C)C)C2)c1.COCCCOc1cc(OC2CCCCC2)cc(C(=O)N(C(C)C)[C@@H]2CCCN(C(=O)OC(C)(C)C)C2)c1. The summed E-state index contributed by atoms with van der Waals surface area (Å²) in [5.41, 5.74) is -0.229. The van der Waals surface area contributed by atoms with Gasteiger partial charge in [-0.1, -0.05) is 13.8 Å². The number of carbonyl (C=O) groups is 4. The lowest BCUT2D eigenvalue weighted by molar-refractivity contribution is 0.00723. The van der Waals surface area contributed by atoms with Gasteiger partial charge in [-0.2, -0.15) is 0 Å². The maximum atomic E-state index is 14.0. The van der Waals surface area contributed by atoms with E-state index in [9.17, 15) is 24.3 Å². The first kappa shape index (κ1) is 60.3. The number of piperidine rings is 2. The van der Waals surface area contributed by atoms with Gasteiger partial charge in [0.15, 0.2) is 0 Å². The molecule has 0 spiro atoms. The topological polar surface area (TPSA) is 166 Å². The molecule has 4 amide bonds. The first-order valence-corrected chi connectivity index (χ1v) is 25.6. The number of carbonyl (C=O) groups excluding carboxylic acids is 4. The smallest absolute Gasteiger partial charge is 0.410 e. The van der Waals surface area contributed by atoms with Crippen molar-refractivity contribution in [3.8, 4) is 23.0 Å². The summed E-state index contributed by atoms with van der Waals surface area (Å²) in [5.74, 6) is 1.43. The van der Waals surface area contributed by atoms with Crippen LogP contribution in [0.5, 0.6) is 23.0 Å². The number of benzene rings is 2. The Bertz CT molecular complexity index is 1960. The standard InChI is InChI=1S/C30H48N2O6.C24H38N2O6.CH4/c1-22(2)32(24-12-10-15-31(21-24)29(34)38-30(3,4)5)28(33)23-18-26(36-17-11-16-35-6)20-27(19-23)37-25-13-8-7-9-14-25;1-17(2)26(19-9-7-10-25(16-19)23(29)32-24(3,4)5)22(28)18-13-20(27)15-21(14-18)31-12-8-11-30-6;/h18-20,22,24-25H,7-17,21H2,1-6H3;13-15,17,19,27H,7-12,16H2,1-6H3;1H4/t24-;19-;/m11./s1. The third-order valence-electron chi connectivity index (χ3n) is 12.1. The van der Waals surface area contributed by atoms with Gasteiger partial charge in [0.2, 0.25) is 0 Å².